The van der Waals surface area contributed by atoms with Crippen molar-refractivity contribution in [2.45, 2.75) is 138 Å². The van der Waals surface area contributed by atoms with Gasteiger partial charge in [-0.2, -0.15) is 12.6 Å². The number of likely N-dealkylation sites (tertiary alicyclic amines) is 1. The van der Waals surface area contributed by atoms with Gasteiger partial charge in [-0.05, 0) is 143 Å². The summed E-state index contributed by atoms with van der Waals surface area (Å²) in [6.07, 6.45) is 5.04. The Hall–Kier alpha value is -8.45. The molecule has 0 spiro atoms. The van der Waals surface area contributed by atoms with Gasteiger partial charge in [0.1, 0.15) is 25.3 Å². The average molecular weight is 1220 g/mol. The molecule has 1 fully saturated rings. The molecule has 0 bridgehead atoms. The molecule has 1 saturated heterocycles. The first-order valence-corrected chi connectivity index (χ1v) is 30.5. The number of thiol groups is 1. The zero-order chi connectivity index (χ0) is 64.2. The first-order chi connectivity index (χ1) is 41.9. The molecule has 470 valence electrons. The Morgan fingerprint density at radius 1 is 0.705 bits per heavy atom. The van der Waals surface area contributed by atoms with Crippen LogP contribution >= 0.6 is 12.6 Å². The van der Waals surface area contributed by atoms with E-state index in [-0.39, 0.29) is 73.7 Å². The van der Waals surface area contributed by atoms with Crippen LogP contribution in [0, 0.1) is 31.6 Å². The number of hydrogen-bond donors (Lipinski definition) is 6. The van der Waals surface area contributed by atoms with Crippen LogP contribution in [0.2, 0.25) is 0 Å². The third kappa shape index (κ3) is 20.0. The van der Waals surface area contributed by atoms with Gasteiger partial charge < -0.3 is 50.4 Å². The fourth-order valence-corrected chi connectivity index (χ4v) is 10.5. The molecule has 5 N–H and O–H groups in total. The number of Topliss-reactive ketones (excluding diaryl/α,β-unsaturated/α-hetero) is 2. The highest BCUT2D eigenvalue weighted by atomic mass is 32.1. The van der Waals surface area contributed by atoms with E-state index in [0.29, 0.717) is 100 Å². The van der Waals surface area contributed by atoms with Crippen molar-refractivity contribution in [3.05, 3.63) is 148 Å². The monoisotopic (exact) mass is 1220 g/mol. The molecule has 6 rings (SSSR count). The number of methoxy groups -OCH3 is 2. The topological polar surface area (TPSA) is 232 Å². The van der Waals surface area contributed by atoms with Crippen LogP contribution in [0.5, 0.6) is 23.0 Å². The van der Waals surface area contributed by atoms with Crippen molar-refractivity contribution in [1.29, 1.82) is 0 Å². The van der Waals surface area contributed by atoms with Gasteiger partial charge in [-0.3, -0.25) is 38.6 Å². The van der Waals surface area contributed by atoms with Crippen molar-refractivity contribution in [2.75, 3.05) is 44.5 Å². The third-order valence-electron chi connectivity index (χ3n) is 15.5. The fourth-order valence-electron chi connectivity index (χ4n) is 10.1. The molecule has 5 atom stereocenters. The van der Waals surface area contributed by atoms with Gasteiger partial charge in [0.05, 0.1) is 25.2 Å². The Morgan fingerprint density at radius 2 is 1.26 bits per heavy atom. The summed E-state index contributed by atoms with van der Waals surface area (Å²) in [6.45, 7) is 21.6. The van der Waals surface area contributed by atoms with Crippen LogP contribution in [-0.2, 0) is 50.0 Å². The highest BCUT2D eigenvalue weighted by Crippen LogP contribution is 2.38. The van der Waals surface area contributed by atoms with E-state index in [9.17, 15) is 33.6 Å². The number of benzene rings is 5. The average Bonchev–Trinajstić information content (AvgIpc) is 3.85. The van der Waals surface area contributed by atoms with Crippen LogP contribution in [0.1, 0.15) is 135 Å². The van der Waals surface area contributed by atoms with E-state index in [2.05, 4.69) is 105 Å². The smallest absolute Gasteiger partial charge is 0.246 e. The molecule has 1 unspecified atom stereocenters. The number of nitrogens with one attached hydrogen (secondary N) is 5. The molecule has 19 heteroatoms. The summed E-state index contributed by atoms with van der Waals surface area (Å²) in [4.78, 5) is 97.5. The first-order valence-electron chi connectivity index (χ1n) is 30.0. The molecule has 0 aliphatic carbocycles. The first kappa shape index (κ1) is 68.7. The standard InChI is InChI=1S/C69H87N7O11S/c1-41(2)54(32-53-22-16-14-20-44(53)5)38-72-59-36-63(61(85-12)34-57(59)49(10)78)87-40-51-29-50(39-86-62-35-58(56(48(9)77)33-60(62)84-11)71-37-42(3)27-52-21-15-13-19-43(52)4)30-55(31-51)75-68(82)47(8)74-67(81)46(7)73-66(80)24-18-17-23-65(79)70-25-26-76-45(6)28-64(88)69(76)83/h13-16,19-22,29-31,33-36,38,41-42,46-47,54,64,71,88H,6,17-18,23-28,32,37,39-40H2,1-5,7-12H3,(H,70,79)(H,73,80)(H,74,81)(H,75,82)/t42-,46-,47-,54-,64?/m0/s1. The SMILES string of the molecule is C=C1CC(S)C(=O)N1CCNC(=O)CCCCC(=O)N[C@@H](C)C(=O)N[C@@H](C)C(=O)Nc1cc(COc2cc(N=C[C@H](Cc3ccccc3C)C(C)C)c(C(C)=O)cc2OC)cc(COc2cc(NC[C@@H](C)Cc3ccccc3C)c(C(C)=O)cc2OC)c1. The van der Waals surface area contributed by atoms with E-state index in [1.165, 1.54) is 69.1 Å². The molecule has 0 aromatic heterocycles. The van der Waals surface area contributed by atoms with Gasteiger partial charge >= 0.3 is 0 Å². The van der Waals surface area contributed by atoms with Gasteiger partial charge in [-0.15, -0.1) is 0 Å². The lowest BCUT2D eigenvalue weighted by molar-refractivity contribution is -0.130. The van der Waals surface area contributed by atoms with Gasteiger partial charge in [-0.25, -0.2) is 0 Å². The molecule has 18 nitrogen and oxygen atoms in total. The number of amides is 5. The molecule has 1 aliphatic heterocycles. The lowest BCUT2D eigenvalue weighted by Gasteiger charge is -2.20. The van der Waals surface area contributed by atoms with Gasteiger partial charge in [0, 0.05) is 91.4 Å². The second kappa shape index (κ2) is 33.1. The minimum atomic E-state index is -1.06. The summed E-state index contributed by atoms with van der Waals surface area (Å²) in [5.74, 6) is -0.383. The number of carbonyl (C=O) groups is 7. The van der Waals surface area contributed by atoms with E-state index in [4.69, 9.17) is 23.9 Å². The van der Waals surface area contributed by atoms with E-state index >= 15 is 0 Å². The van der Waals surface area contributed by atoms with Crippen LogP contribution in [0.15, 0.2) is 108 Å². The Labute approximate surface area is 523 Å². The fraction of sp³-hybridized carbons (Fsp3) is 0.420. The lowest BCUT2D eigenvalue weighted by atomic mass is 9.88. The molecule has 1 heterocycles. The van der Waals surface area contributed by atoms with Crippen molar-refractivity contribution in [3.8, 4) is 23.0 Å². The van der Waals surface area contributed by atoms with Crippen molar-refractivity contribution in [1.82, 2.24) is 20.9 Å². The van der Waals surface area contributed by atoms with Gasteiger partial charge in [-0.1, -0.05) is 75.9 Å². The number of unbranched alkanes of at least 4 members (excludes halogenated alkanes) is 1. The molecule has 5 aromatic carbocycles. The molecule has 0 radical (unpaired) electrons. The van der Waals surface area contributed by atoms with E-state index < -0.39 is 35.1 Å². The summed E-state index contributed by atoms with van der Waals surface area (Å²) >= 11 is 4.26. The van der Waals surface area contributed by atoms with Gasteiger partial charge in [0.15, 0.2) is 34.6 Å². The second-order valence-electron chi connectivity index (χ2n) is 23.1. The number of nitrogens with zero attached hydrogens (tertiary/aromatic N) is 2. The highest BCUT2D eigenvalue weighted by Gasteiger charge is 2.32. The van der Waals surface area contributed by atoms with Crippen LogP contribution in [0.3, 0.4) is 0 Å². The number of aryl methyl sites for hydroxylation is 2. The van der Waals surface area contributed by atoms with Crippen molar-refractivity contribution >= 4 is 77.0 Å². The largest absolute Gasteiger partial charge is 0.493 e. The van der Waals surface area contributed by atoms with Crippen molar-refractivity contribution in [2.24, 2.45) is 22.7 Å². The molecule has 1 aliphatic rings. The number of rotatable bonds is 33. The van der Waals surface area contributed by atoms with Gasteiger partial charge in [0.2, 0.25) is 29.5 Å². The lowest BCUT2D eigenvalue weighted by Crippen LogP contribution is -2.50. The molecular formula is C69H87N7O11S. The van der Waals surface area contributed by atoms with Crippen LogP contribution in [0.25, 0.3) is 0 Å². The quantitative estimate of drug-likeness (QED) is 0.00997. The molecular weight excluding hydrogens is 1130 g/mol. The molecule has 88 heavy (non-hydrogen) atoms. The summed E-state index contributed by atoms with van der Waals surface area (Å²) in [5.41, 5.74) is 8.90. The number of aliphatic imine (C=N–C) groups is 1. The zero-order valence-corrected chi connectivity index (χ0v) is 53.6. The molecule has 5 amide bonds. The Balaban J connectivity index is 1.17. The zero-order valence-electron chi connectivity index (χ0n) is 52.7. The third-order valence-corrected chi connectivity index (χ3v) is 15.9. The van der Waals surface area contributed by atoms with E-state index in [1.807, 2.05) is 36.5 Å². The van der Waals surface area contributed by atoms with Crippen LogP contribution in [0.4, 0.5) is 17.1 Å². The molecule has 0 saturated carbocycles. The maximum Gasteiger partial charge on any atom is 0.246 e. The molecule has 5 aromatic rings. The Bertz CT molecular complexity index is 3360. The Morgan fingerprint density at radius 3 is 1.82 bits per heavy atom. The number of ether oxygens (including phenoxy) is 4. The predicted molar refractivity (Wildman–Crippen MR) is 349 cm³/mol. The predicted octanol–water partition coefficient (Wildman–Crippen LogP) is 11.1. The minimum absolute atomic E-state index is 0.0303. The summed E-state index contributed by atoms with van der Waals surface area (Å²) in [6, 6.07) is 26.5. The number of allylic oxidation sites excluding steroid dienone is 1. The number of anilines is 2. The Kier molecular flexibility index (Phi) is 25.8. The van der Waals surface area contributed by atoms with Crippen molar-refractivity contribution < 1.29 is 52.5 Å². The normalized spacial score (nSPS) is 14.4. The summed E-state index contributed by atoms with van der Waals surface area (Å²) in [7, 11) is 2.99. The van der Waals surface area contributed by atoms with E-state index in [0.717, 1.165) is 12.8 Å². The second-order valence-corrected chi connectivity index (χ2v) is 23.7. The van der Waals surface area contributed by atoms with Crippen LogP contribution in [-0.4, -0.2) is 103 Å². The summed E-state index contributed by atoms with van der Waals surface area (Å²) < 4.78 is 24.5. The summed E-state index contributed by atoms with van der Waals surface area (Å²) in [5, 5.41) is 14.1. The maximum atomic E-state index is 14.0. The minimum Gasteiger partial charge on any atom is -0.493 e. The number of hydrogen-bond acceptors (Lipinski definition) is 14. The number of ketones is 2. The highest BCUT2D eigenvalue weighted by molar-refractivity contribution is 7.81. The van der Waals surface area contributed by atoms with E-state index in [1.54, 1.807) is 36.4 Å². The van der Waals surface area contributed by atoms with Crippen molar-refractivity contribution in [3.63, 3.8) is 0 Å². The number of carbonyl (C=O) groups excluding carboxylic acids is 7. The maximum absolute atomic E-state index is 14.0. The van der Waals surface area contributed by atoms with Crippen LogP contribution < -0.4 is 45.5 Å². The van der Waals surface area contributed by atoms with Gasteiger partial charge in [0.25, 0.3) is 0 Å².